The van der Waals surface area contributed by atoms with Crippen molar-refractivity contribution >= 4 is 8.32 Å². The standard InChI is InChI=1S/C18H39NO2Si/c1-16(2,3)22(9,20-8)12-10-11-21-15-13-17(4,5)19-18(6,7)14-15/h15,19H,10-14H2,1-9H3. The number of rotatable bonds is 6. The summed E-state index contributed by atoms with van der Waals surface area (Å²) in [5.74, 6) is 0. The largest absolute Gasteiger partial charge is 0.420 e. The van der Waals surface area contributed by atoms with Crippen molar-refractivity contribution in [2.75, 3.05) is 13.7 Å². The molecule has 1 saturated heterocycles. The molecular weight excluding hydrogens is 290 g/mol. The third-order valence-corrected chi connectivity index (χ3v) is 10.7. The average Bonchev–Trinajstić information content (AvgIpc) is 2.29. The Morgan fingerprint density at radius 1 is 1.09 bits per heavy atom. The zero-order chi connectivity index (χ0) is 17.2. The summed E-state index contributed by atoms with van der Waals surface area (Å²) in [6.45, 7) is 19.2. The Morgan fingerprint density at radius 3 is 2.00 bits per heavy atom. The van der Waals surface area contributed by atoms with Gasteiger partial charge < -0.3 is 14.5 Å². The van der Waals surface area contributed by atoms with Crippen molar-refractivity contribution in [3.63, 3.8) is 0 Å². The van der Waals surface area contributed by atoms with Crippen molar-refractivity contribution in [2.24, 2.45) is 0 Å². The Bertz CT molecular complexity index is 347. The molecule has 1 heterocycles. The third-order valence-electron chi connectivity index (χ3n) is 5.34. The predicted molar refractivity (Wildman–Crippen MR) is 98.0 cm³/mol. The molecule has 3 nitrogen and oxygen atoms in total. The van der Waals surface area contributed by atoms with Gasteiger partial charge in [0.15, 0.2) is 8.32 Å². The highest BCUT2D eigenvalue weighted by molar-refractivity contribution is 6.75. The van der Waals surface area contributed by atoms with E-state index in [4.69, 9.17) is 9.16 Å². The second-order valence-corrected chi connectivity index (χ2v) is 14.5. The van der Waals surface area contributed by atoms with Gasteiger partial charge in [0.1, 0.15) is 0 Å². The van der Waals surface area contributed by atoms with Crippen LogP contribution in [-0.4, -0.2) is 39.2 Å². The van der Waals surface area contributed by atoms with Crippen LogP contribution in [0.1, 0.15) is 67.7 Å². The van der Waals surface area contributed by atoms with Crippen molar-refractivity contribution in [1.82, 2.24) is 5.32 Å². The molecular formula is C18H39NO2Si. The van der Waals surface area contributed by atoms with Gasteiger partial charge in [-0.25, -0.2) is 0 Å². The number of nitrogens with one attached hydrogen (secondary N) is 1. The van der Waals surface area contributed by atoms with Crippen molar-refractivity contribution < 1.29 is 9.16 Å². The molecule has 0 spiro atoms. The second kappa shape index (κ2) is 6.92. The van der Waals surface area contributed by atoms with Gasteiger partial charge in [-0.3, -0.25) is 0 Å². The molecule has 1 rings (SSSR count). The van der Waals surface area contributed by atoms with Crippen molar-refractivity contribution in [3.05, 3.63) is 0 Å². The lowest BCUT2D eigenvalue weighted by Gasteiger charge is -2.46. The first-order valence-electron chi connectivity index (χ1n) is 8.76. The van der Waals surface area contributed by atoms with Gasteiger partial charge in [0.05, 0.1) is 6.10 Å². The molecule has 0 amide bonds. The molecule has 1 N–H and O–H groups in total. The van der Waals surface area contributed by atoms with Crippen LogP contribution in [0.3, 0.4) is 0 Å². The fourth-order valence-electron chi connectivity index (χ4n) is 3.79. The Morgan fingerprint density at radius 2 is 1.59 bits per heavy atom. The highest BCUT2D eigenvalue weighted by Gasteiger charge is 2.41. The van der Waals surface area contributed by atoms with Crippen molar-refractivity contribution in [3.8, 4) is 0 Å². The van der Waals surface area contributed by atoms with Crippen LogP contribution in [0.15, 0.2) is 0 Å². The minimum Gasteiger partial charge on any atom is -0.420 e. The quantitative estimate of drug-likeness (QED) is 0.565. The lowest BCUT2D eigenvalue weighted by molar-refractivity contribution is -0.0215. The number of ether oxygens (including phenoxy) is 1. The molecule has 22 heavy (non-hydrogen) atoms. The summed E-state index contributed by atoms with van der Waals surface area (Å²) in [7, 11) is 0.224. The smallest absolute Gasteiger partial charge is 0.194 e. The molecule has 0 aromatic rings. The summed E-state index contributed by atoms with van der Waals surface area (Å²) in [6, 6.07) is 1.17. The summed E-state index contributed by atoms with van der Waals surface area (Å²) in [6.07, 6.45) is 3.67. The molecule has 4 heteroatoms. The van der Waals surface area contributed by atoms with Crippen molar-refractivity contribution in [2.45, 2.75) is 103 Å². The van der Waals surface area contributed by atoms with E-state index < -0.39 is 8.32 Å². The van der Waals surface area contributed by atoms with Gasteiger partial charge in [0.25, 0.3) is 0 Å². The topological polar surface area (TPSA) is 30.5 Å². The summed E-state index contributed by atoms with van der Waals surface area (Å²) in [5.41, 5.74) is 0.321. The van der Waals surface area contributed by atoms with E-state index in [0.717, 1.165) is 25.9 Å². The molecule has 0 aromatic carbocycles. The number of hydrogen-bond acceptors (Lipinski definition) is 3. The molecule has 0 bridgehead atoms. The minimum atomic E-state index is -1.66. The Hall–Kier alpha value is 0.0969. The van der Waals surface area contributed by atoms with Crippen LogP contribution >= 0.6 is 0 Å². The van der Waals surface area contributed by atoms with E-state index >= 15 is 0 Å². The zero-order valence-electron chi connectivity index (χ0n) is 16.4. The molecule has 0 radical (unpaired) electrons. The SMILES string of the molecule is CO[Si](C)(CCCOC1CC(C)(C)NC(C)(C)C1)C(C)(C)C. The van der Waals surface area contributed by atoms with Crippen LogP contribution in [-0.2, 0) is 9.16 Å². The van der Waals surface area contributed by atoms with Gasteiger partial charge in [0, 0.05) is 24.8 Å². The average molecular weight is 330 g/mol. The molecule has 0 aromatic heterocycles. The maximum Gasteiger partial charge on any atom is 0.194 e. The molecule has 1 aliphatic rings. The second-order valence-electron chi connectivity index (χ2n) is 9.58. The van der Waals surface area contributed by atoms with Gasteiger partial charge >= 0.3 is 0 Å². The first-order valence-corrected chi connectivity index (χ1v) is 11.4. The van der Waals surface area contributed by atoms with E-state index in [-0.39, 0.29) is 16.1 Å². The summed E-state index contributed by atoms with van der Waals surface area (Å²) in [4.78, 5) is 0. The third kappa shape index (κ3) is 5.62. The molecule has 0 saturated carbocycles. The predicted octanol–water partition coefficient (Wildman–Crippen LogP) is 4.72. The summed E-state index contributed by atoms with van der Waals surface area (Å²) >= 11 is 0. The van der Waals surface area contributed by atoms with Crippen LogP contribution < -0.4 is 5.32 Å². The van der Waals surface area contributed by atoms with E-state index in [1.807, 2.05) is 7.11 Å². The molecule has 1 aliphatic heterocycles. The maximum absolute atomic E-state index is 6.23. The van der Waals surface area contributed by atoms with Gasteiger partial charge in [-0.05, 0) is 64.6 Å². The molecule has 132 valence electrons. The molecule has 0 aliphatic carbocycles. The number of hydrogen-bond donors (Lipinski definition) is 1. The fourth-order valence-corrected chi connectivity index (χ4v) is 6.17. The van der Waals surface area contributed by atoms with E-state index in [1.54, 1.807) is 0 Å². The highest BCUT2D eigenvalue weighted by atomic mass is 28.4. The summed E-state index contributed by atoms with van der Waals surface area (Å²) < 4.78 is 12.2. The van der Waals surface area contributed by atoms with E-state index in [0.29, 0.717) is 6.10 Å². The van der Waals surface area contributed by atoms with E-state index in [1.165, 1.54) is 6.04 Å². The Kier molecular flexibility index (Phi) is 6.33. The Balaban J connectivity index is 2.44. The zero-order valence-corrected chi connectivity index (χ0v) is 17.4. The fraction of sp³-hybridized carbons (Fsp3) is 1.00. The van der Waals surface area contributed by atoms with E-state index in [9.17, 15) is 0 Å². The molecule has 1 unspecified atom stereocenters. The lowest BCUT2D eigenvalue weighted by atomic mass is 9.81. The monoisotopic (exact) mass is 329 g/mol. The maximum atomic E-state index is 6.23. The van der Waals surface area contributed by atoms with Crippen LogP contribution in [0.2, 0.25) is 17.6 Å². The van der Waals surface area contributed by atoms with Crippen LogP contribution in [0.5, 0.6) is 0 Å². The van der Waals surface area contributed by atoms with Crippen LogP contribution in [0, 0.1) is 0 Å². The first kappa shape index (κ1) is 20.1. The summed E-state index contributed by atoms with van der Waals surface area (Å²) in [5, 5.41) is 3.99. The molecule has 1 fully saturated rings. The number of piperidine rings is 1. The van der Waals surface area contributed by atoms with E-state index in [2.05, 4.69) is 60.3 Å². The van der Waals surface area contributed by atoms with Gasteiger partial charge in [0.2, 0.25) is 0 Å². The minimum absolute atomic E-state index is 0.160. The normalized spacial score (nSPS) is 25.0. The lowest BCUT2D eigenvalue weighted by Crippen LogP contribution is -2.59. The Labute approximate surface area is 139 Å². The molecule has 1 atom stereocenters. The van der Waals surface area contributed by atoms with Gasteiger partial charge in [-0.1, -0.05) is 20.8 Å². The van der Waals surface area contributed by atoms with Gasteiger partial charge in [-0.15, -0.1) is 0 Å². The van der Waals surface area contributed by atoms with Crippen molar-refractivity contribution in [1.29, 1.82) is 0 Å². The first-order chi connectivity index (χ1) is 9.80. The van der Waals surface area contributed by atoms with Crippen LogP contribution in [0.25, 0.3) is 0 Å². The van der Waals surface area contributed by atoms with Crippen LogP contribution in [0.4, 0.5) is 0 Å². The van der Waals surface area contributed by atoms with Gasteiger partial charge in [-0.2, -0.15) is 0 Å². The highest BCUT2D eigenvalue weighted by Crippen LogP contribution is 2.40.